The first-order valence-electron chi connectivity index (χ1n) is 5.95. The van der Waals surface area contributed by atoms with Gasteiger partial charge in [-0.1, -0.05) is 23.4 Å². The summed E-state index contributed by atoms with van der Waals surface area (Å²) in [6.45, 7) is 0. The molecule has 0 saturated heterocycles. The maximum atomic E-state index is 5.93. The van der Waals surface area contributed by atoms with Crippen LogP contribution in [0.5, 0.6) is 5.75 Å². The molecule has 0 unspecified atom stereocenters. The van der Waals surface area contributed by atoms with Crippen LogP contribution >= 0.6 is 0 Å². The highest BCUT2D eigenvalue weighted by Crippen LogP contribution is 2.40. The number of nitrogens with two attached hydrogens (primary N) is 1. The molecule has 3 aromatic rings. The summed E-state index contributed by atoms with van der Waals surface area (Å²) in [5, 5.41) is 3.84. The van der Waals surface area contributed by atoms with Gasteiger partial charge in [-0.15, -0.1) is 0 Å². The molecule has 6 heteroatoms. The molecule has 3 rings (SSSR count). The highest BCUT2D eigenvalue weighted by Gasteiger charge is 2.20. The van der Waals surface area contributed by atoms with Crippen LogP contribution < -0.4 is 10.5 Å². The van der Waals surface area contributed by atoms with Crippen molar-refractivity contribution in [2.24, 2.45) is 0 Å². The second-order valence-corrected chi connectivity index (χ2v) is 4.10. The molecular weight excluding hydrogens is 256 g/mol. The Morgan fingerprint density at radius 3 is 2.65 bits per heavy atom. The minimum atomic E-state index is 0.299. The van der Waals surface area contributed by atoms with E-state index in [9.17, 15) is 0 Å². The molecule has 0 fully saturated rings. The molecule has 0 aliphatic rings. The van der Waals surface area contributed by atoms with Crippen LogP contribution in [0.4, 0.5) is 5.82 Å². The van der Waals surface area contributed by atoms with Gasteiger partial charge in [0.25, 0.3) is 0 Å². The molecule has 20 heavy (non-hydrogen) atoms. The second-order valence-electron chi connectivity index (χ2n) is 4.10. The van der Waals surface area contributed by atoms with E-state index in [0.717, 1.165) is 5.56 Å². The number of para-hydroxylation sites is 1. The van der Waals surface area contributed by atoms with Crippen molar-refractivity contribution in [2.75, 3.05) is 12.8 Å². The highest BCUT2D eigenvalue weighted by molar-refractivity contribution is 5.88. The van der Waals surface area contributed by atoms with Crippen LogP contribution in [0.3, 0.4) is 0 Å². The van der Waals surface area contributed by atoms with Crippen LogP contribution in [-0.2, 0) is 0 Å². The molecule has 1 aromatic carbocycles. The lowest BCUT2D eigenvalue weighted by Gasteiger charge is -2.08. The number of ether oxygens (including phenoxy) is 1. The van der Waals surface area contributed by atoms with Crippen molar-refractivity contribution in [3.8, 4) is 28.2 Å². The number of hydrogen-bond acceptors (Lipinski definition) is 6. The third-order valence-electron chi connectivity index (χ3n) is 2.92. The summed E-state index contributed by atoms with van der Waals surface area (Å²) in [7, 11) is 1.60. The Hall–Kier alpha value is -2.89. The van der Waals surface area contributed by atoms with Gasteiger partial charge < -0.3 is 15.0 Å². The molecule has 0 aliphatic carbocycles. The minimum Gasteiger partial charge on any atom is -0.496 e. The lowest BCUT2D eigenvalue weighted by Crippen LogP contribution is -1.92. The van der Waals surface area contributed by atoms with Crippen LogP contribution in [-0.4, -0.2) is 22.2 Å². The molecule has 0 atom stereocenters. The number of hydrogen-bond donors (Lipinski definition) is 1. The summed E-state index contributed by atoms with van der Waals surface area (Å²) in [6.07, 6.45) is 4.74. The lowest BCUT2D eigenvalue weighted by atomic mass is 10.0. The molecule has 6 nitrogen and oxygen atoms in total. The highest BCUT2D eigenvalue weighted by atomic mass is 16.5. The summed E-state index contributed by atoms with van der Waals surface area (Å²) in [6, 6.07) is 7.54. The molecular formula is C14H12N4O2. The van der Waals surface area contributed by atoms with Gasteiger partial charge in [-0.25, -0.2) is 9.97 Å². The Kier molecular flexibility index (Phi) is 3.04. The summed E-state index contributed by atoms with van der Waals surface area (Å²) in [4.78, 5) is 7.95. The topological polar surface area (TPSA) is 87.1 Å². The van der Waals surface area contributed by atoms with Crippen LogP contribution in [0.1, 0.15) is 0 Å². The summed E-state index contributed by atoms with van der Waals surface area (Å²) in [5.74, 6) is 1.52. The monoisotopic (exact) mass is 268 g/mol. The maximum Gasteiger partial charge on any atom is 0.180 e. The van der Waals surface area contributed by atoms with Crippen LogP contribution in [0.2, 0.25) is 0 Å². The summed E-state index contributed by atoms with van der Waals surface area (Å²) in [5.41, 5.74) is 8.13. The average molecular weight is 268 g/mol. The van der Waals surface area contributed by atoms with Gasteiger partial charge in [0.05, 0.1) is 18.2 Å². The molecule has 0 bridgehead atoms. The zero-order chi connectivity index (χ0) is 13.9. The van der Waals surface area contributed by atoms with E-state index in [1.165, 1.54) is 6.33 Å². The van der Waals surface area contributed by atoms with Crippen LogP contribution in [0.25, 0.3) is 22.5 Å². The number of aromatic nitrogens is 3. The fraction of sp³-hybridized carbons (Fsp3) is 0.0714. The Morgan fingerprint density at radius 1 is 1.15 bits per heavy atom. The molecule has 0 radical (unpaired) electrons. The van der Waals surface area contributed by atoms with Crippen molar-refractivity contribution >= 4 is 5.82 Å². The van der Waals surface area contributed by atoms with E-state index in [0.29, 0.717) is 28.5 Å². The zero-order valence-corrected chi connectivity index (χ0v) is 10.8. The normalized spacial score (nSPS) is 10.4. The van der Waals surface area contributed by atoms with Crippen molar-refractivity contribution in [1.29, 1.82) is 0 Å². The van der Waals surface area contributed by atoms with Gasteiger partial charge in [-0.2, -0.15) is 0 Å². The number of nitrogen functional groups attached to an aromatic ring is 1. The first-order valence-corrected chi connectivity index (χ1v) is 5.95. The van der Waals surface area contributed by atoms with E-state index >= 15 is 0 Å². The van der Waals surface area contributed by atoms with Crippen molar-refractivity contribution in [1.82, 2.24) is 15.1 Å². The maximum absolute atomic E-state index is 5.93. The average Bonchev–Trinajstić information content (AvgIpc) is 2.89. The summed E-state index contributed by atoms with van der Waals surface area (Å²) < 4.78 is 10.7. The van der Waals surface area contributed by atoms with Crippen LogP contribution in [0, 0.1) is 0 Å². The van der Waals surface area contributed by atoms with Gasteiger partial charge in [0.2, 0.25) is 0 Å². The van der Waals surface area contributed by atoms with E-state index in [2.05, 4.69) is 15.1 Å². The number of methoxy groups -OCH3 is 1. The standard InChI is InChI=1S/C14H12N4O2/c1-19-11-5-3-2-4-10(11)12-13(20-18-14(12)15)9-6-16-8-17-7-9/h2-8H,1H3,(H2,15,18). The Labute approximate surface area is 115 Å². The van der Waals surface area contributed by atoms with Crippen LogP contribution in [0.15, 0.2) is 47.5 Å². The van der Waals surface area contributed by atoms with Gasteiger partial charge in [-0.3, -0.25) is 0 Å². The van der Waals surface area contributed by atoms with E-state index in [4.69, 9.17) is 15.0 Å². The molecule has 2 heterocycles. The quantitative estimate of drug-likeness (QED) is 0.784. The van der Waals surface area contributed by atoms with Crippen molar-refractivity contribution in [3.05, 3.63) is 43.0 Å². The molecule has 100 valence electrons. The number of rotatable bonds is 3. The molecule has 0 spiro atoms. The Balaban J connectivity index is 2.22. The van der Waals surface area contributed by atoms with Crippen molar-refractivity contribution < 1.29 is 9.26 Å². The fourth-order valence-electron chi connectivity index (χ4n) is 2.03. The largest absolute Gasteiger partial charge is 0.496 e. The number of benzene rings is 1. The molecule has 2 N–H and O–H groups in total. The minimum absolute atomic E-state index is 0.299. The molecule has 0 saturated carbocycles. The van der Waals surface area contributed by atoms with Gasteiger partial charge in [0.1, 0.15) is 12.1 Å². The first kappa shape index (κ1) is 12.2. The zero-order valence-electron chi connectivity index (χ0n) is 10.8. The third kappa shape index (κ3) is 1.97. The Morgan fingerprint density at radius 2 is 1.90 bits per heavy atom. The number of nitrogens with zero attached hydrogens (tertiary/aromatic N) is 3. The van der Waals surface area contributed by atoms with E-state index in [1.807, 2.05) is 24.3 Å². The molecule has 0 aliphatic heterocycles. The second kappa shape index (κ2) is 5.00. The predicted molar refractivity (Wildman–Crippen MR) is 73.9 cm³/mol. The first-order chi connectivity index (χ1) is 9.81. The van der Waals surface area contributed by atoms with Gasteiger partial charge in [-0.05, 0) is 6.07 Å². The van der Waals surface area contributed by atoms with E-state index in [1.54, 1.807) is 19.5 Å². The fourth-order valence-corrected chi connectivity index (χ4v) is 2.03. The smallest absolute Gasteiger partial charge is 0.180 e. The third-order valence-corrected chi connectivity index (χ3v) is 2.92. The summed E-state index contributed by atoms with van der Waals surface area (Å²) >= 11 is 0. The van der Waals surface area contributed by atoms with Crippen molar-refractivity contribution in [3.63, 3.8) is 0 Å². The van der Waals surface area contributed by atoms with Crippen molar-refractivity contribution in [2.45, 2.75) is 0 Å². The SMILES string of the molecule is COc1ccccc1-c1c(N)noc1-c1cncnc1. The Bertz CT molecular complexity index is 725. The van der Waals surface area contributed by atoms with E-state index < -0.39 is 0 Å². The van der Waals surface area contributed by atoms with Gasteiger partial charge >= 0.3 is 0 Å². The lowest BCUT2D eigenvalue weighted by molar-refractivity contribution is 0.416. The molecule has 2 aromatic heterocycles. The molecule has 0 amide bonds. The number of anilines is 1. The van der Waals surface area contributed by atoms with Gasteiger partial charge in [0, 0.05) is 18.0 Å². The van der Waals surface area contributed by atoms with E-state index in [-0.39, 0.29) is 0 Å². The van der Waals surface area contributed by atoms with Gasteiger partial charge in [0.15, 0.2) is 11.6 Å². The predicted octanol–water partition coefficient (Wildman–Crippen LogP) is 2.39.